The molecule has 61 heavy (non-hydrogen) atoms. The first-order valence-electron chi connectivity index (χ1n) is 19.8. The smallest absolute Gasteiger partial charge is 0.206 e. The number of nitrogens with zero attached hydrogens (tertiary/aromatic N) is 3. The number of aromatic hydroxyl groups is 4. The zero-order valence-corrected chi connectivity index (χ0v) is 33.0. The minimum atomic E-state index is -1.98. The maximum absolute atomic E-state index is 11.2. The third-order valence-electron chi connectivity index (χ3n) is 11.2. The first-order valence-corrected chi connectivity index (χ1v) is 19.8. The highest BCUT2D eigenvalue weighted by atomic mass is 16.4. The van der Waals surface area contributed by atoms with E-state index in [1.165, 1.54) is 4.57 Å². The molecule has 9 aromatic rings. The van der Waals surface area contributed by atoms with Crippen LogP contribution in [0, 0.1) is 0 Å². The van der Waals surface area contributed by atoms with Gasteiger partial charge in [0.25, 0.3) is 0 Å². The van der Waals surface area contributed by atoms with E-state index >= 15 is 0 Å². The summed E-state index contributed by atoms with van der Waals surface area (Å²) in [5, 5.41) is 88.5. The van der Waals surface area contributed by atoms with Gasteiger partial charge in [0.05, 0.1) is 22.1 Å². The SMILES string of the molecule is CC.OC1=C(O)C(O)C(O)c2c1n(-c1cccc(-n3c4ccccc4c4cc(-c5ccc(N(c6ccccc6)c6ccccc6)cc5)ccc43)c1)c1c(O)c(O)c(O)c(O)c21. The third kappa shape index (κ3) is 5.97. The summed E-state index contributed by atoms with van der Waals surface area (Å²) in [6.07, 6.45) is -3.87. The van der Waals surface area contributed by atoms with Crippen LogP contribution in [0.3, 0.4) is 0 Å². The van der Waals surface area contributed by atoms with Gasteiger partial charge in [-0.15, -0.1) is 0 Å². The summed E-state index contributed by atoms with van der Waals surface area (Å²) in [5.41, 5.74) is 7.01. The molecule has 0 amide bonds. The first kappa shape index (κ1) is 38.6. The van der Waals surface area contributed by atoms with E-state index in [1.54, 1.807) is 18.2 Å². The Morgan fingerprint density at radius 1 is 0.459 bits per heavy atom. The van der Waals surface area contributed by atoms with Gasteiger partial charge < -0.3 is 54.9 Å². The fraction of sp³-hybridized carbons (Fsp3) is 0.0800. The van der Waals surface area contributed by atoms with Gasteiger partial charge in [0, 0.05) is 44.8 Å². The van der Waals surface area contributed by atoms with Crippen LogP contribution in [0.1, 0.15) is 31.2 Å². The van der Waals surface area contributed by atoms with Gasteiger partial charge in [-0.25, -0.2) is 0 Å². The van der Waals surface area contributed by atoms with Crippen LogP contribution >= 0.6 is 0 Å². The summed E-state index contributed by atoms with van der Waals surface area (Å²) < 4.78 is 3.30. The molecule has 304 valence electrons. The molecule has 2 atom stereocenters. The van der Waals surface area contributed by atoms with E-state index < -0.39 is 46.7 Å². The molecule has 11 heteroatoms. The quantitative estimate of drug-likeness (QED) is 0.0600. The lowest BCUT2D eigenvalue weighted by atomic mass is 9.92. The van der Waals surface area contributed by atoms with Gasteiger partial charge >= 0.3 is 0 Å². The fourth-order valence-corrected chi connectivity index (χ4v) is 8.46. The van der Waals surface area contributed by atoms with Crippen molar-refractivity contribution < 1.29 is 40.9 Å². The van der Waals surface area contributed by atoms with Gasteiger partial charge in [-0.3, -0.25) is 0 Å². The van der Waals surface area contributed by atoms with Crippen molar-refractivity contribution in [1.29, 1.82) is 0 Å². The molecular weight excluding hydrogens is 771 g/mol. The van der Waals surface area contributed by atoms with Crippen molar-refractivity contribution in [2.75, 3.05) is 4.90 Å². The molecule has 0 aliphatic heterocycles. The van der Waals surface area contributed by atoms with Gasteiger partial charge in [-0.1, -0.05) is 92.7 Å². The number of hydrogen-bond donors (Lipinski definition) is 8. The van der Waals surface area contributed by atoms with E-state index in [0.717, 1.165) is 50.0 Å². The van der Waals surface area contributed by atoms with Crippen molar-refractivity contribution in [3.05, 3.63) is 169 Å². The second kappa shape index (κ2) is 15.1. The highest BCUT2D eigenvalue weighted by Crippen LogP contribution is 2.55. The Balaban J connectivity index is 0.00000235. The number of phenolic OH excluding ortho intramolecular Hbond substituents is 4. The molecule has 8 N–H and O–H groups in total. The van der Waals surface area contributed by atoms with Crippen molar-refractivity contribution in [2.45, 2.75) is 26.1 Å². The predicted molar refractivity (Wildman–Crippen MR) is 239 cm³/mol. The van der Waals surface area contributed by atoms with E-state index in [-0.39, 0.29) is 27.8 Å². The number of phenols is 4. The monoisotopic (exact) mass is 811 g/mol. The molecule has 0 saturated carbocycles. The topological polar surface area (TPSA) is 175 Å². The number of aliphatic hydroxyl groups is 4. The Hall–Kier alpha value is -7.86. The minimum absolute atomic E-state index is 0.267. The van der Waals surface area contributed by atoms with E-state index in [4.69, 9.17) is 0 Å². The summed E-state index contributed by atoms with van der Waals surface area (Å²) in [7, 11) is 0. The Morgan fingerprint density at radius 2 is 1.00 bits per heavy atom. The fourth-order valence-electron chi connectivity index (χ4n) is 8.46. The molecule has 0 radical (unpaired) electrons. The molecule has 1 aliphatic carbocycles. The van der Waals surface area contributed by atoms with Crippen molar-refractivity contribution in [1.82, 2.24) is 9.13 Å². The maximum atomic E-state index is 11.2. The molecule has 0 fully saturated rings. The van der Waals surface area contributed by atoms with Gasteiger partial charge in [0.1, 0.15) is 17.7 Å². The van der Waals surface area contributed by atoms with E-state index in [1.807, 2.05) is 86.6 Å². The zero-order valence-electron chi connectivity index (χ0n) is 33.0. The van der Waals surface area contributed by atoms with Crippen LogP contribution in [0.2, 0.25) is 0 Å². The predicted octanol–water partition coefficient (Wildman–Crippen LogP) is 10.9. The van der Waals surface area contributed by atoms with E-state index in [0.29, 0.717) is 5.69 Å². The Bertz CT molecular complexity index is 3120. The largest absolute Gasteiger partial charge is 0.506 e. The highest BCUT2D eigenvalue weighted by molar-refractivity contribution is 6.10. The Labute approximate surface area is 349 Å². The summed E-state index contributed by atoms with van der Waals surface area (Å²) in [5.74, 6) is -5.64. The van der Waals surface area contributed by atoms with E-state index in [2.05, 4.69) is 70.1 Å². The second-order valence-electron chi connectivity index (χ2n) is 14.5. The van der Waals surface area contributed by atoms with Crippen molar-refractivity contribution in [3.63, 3.8) is 0 Å². The van der Waals surface area contributed by atoms with Crippen LogP contribution in [0.5, 0.6) is 23.0 Å². The molecule has 7 aromatic carbocycles. The molecule has 2 unspecified atom stereocenters. The number of benzene rings is 7. The van der Waals surface area contributed by atoms with Crippen LogP contribution in [0.4, 0.5) is 17.1 Å². The average Bonchev–Trinajstić information content (AvgIpc) is 3.85. The lowest BCUT2D eigenvalue weighted by Crippen LogP contribution is -2.27. The van der Waals surface area contributed by atoms with Crippen LogP contribution in [-0.4, -0.2) is 56.1 Å². The Kier molecular flexibility index (Phi) is 9.54. The second-order valence-corrected chi connectivity index (χ2v) is 14.5. The molecule has 11 nitrogen and oxygen atoms in total. The number of fused-ring (bicyclic) bond motifs is 6. The number of hydrogen-bond acceptors (Lipinski definition) is 9. The normalized spacial score (nSPS) is 14.9. The van der Waals surface area contributed by atoms with Crippen molar-refractivity contribution >= 4 is 55.5 Å². The maximum Gasteiger partial charge on any atom is 0.206 e. The molecular formula is C50H41N3O8. The van der Waals surface area contributed by atoms with Gasteiger partial charge in [0.15, 0.2) is 23.0 Å². The average molecular weight is 812 g/mol. The first-order chi connectivity index (χ1) is 29.6. The standard InChI is InChI=1S/C48H35N3O8.C2H6/c52-41-37-38-40(44(55)48(59)46(57)42(38)53)51(39(37)43(54)47(58)45(41)56)32-15-9-14-31(25-32)50-35-17-8-7-16-33(35)34-24-27(20-23-36(34)50)26-18-21-30(22-19-26)49(28-10-3-1-4-11-28)29-12-5-2-6-13-29;1-2/h1-25,41,45,52-59H;1-2H3. The number of rotatable bonds is 6. The molecule has 0 saturated heterocycles. The number of aromatic nitrogens is 2. The molecule has 2 aromatic heterocycles. The zero-order chi connectivity index (χ0) is 42.7. The number of anilines is 3. The van der Waals surface area contributed by atoms with Crippen LogP contribution in [0.15, 0.2) is 157 Å². The number of aliphatic hydroxyl groups excluding tert-OH is 4. The van der Waals surface area contributed by atoms with Gasteiger partial charge in [-0.2, -0.15) is 0 Å². The summed E-state index contributed by atoms with van der Waals surface area (Å²) in [6.45, 7) is 4.00. The molecule has 1 aliphatic rings. The van der Waals surface area contributed by atoms with Crippen LogP contribution < -0.4 is 4.90 Å². The highest BCUT2D eigenvalue weighted by Gasteiger charge is 2.41. The lowest BCUT2D eigenvalue weighted by Gasteiger charge is -2.25. The molecule has 2 heterocycles. The Morgan fingerprint density at radius 3 is 1.66 bits per heavy atom. The molecule has 10 rings (SSSR count). The lowest BCUT2D eigenvalue weighted by molar-refractivity contribution is 0.0130. The van der Waals surface area contributed by atoms with Crippen LogP contribution in [0.25, 0.3) is 61.0 Å². The van der Waals surface area contributed by atoms with Crippen molar-refractivity contribution in [3.8, 4) is 45.5 Å². The van der Waals surface area contributed by atoms with Crippen LogP contribution in [-0.2, 0) is 0 Å². The number of para-hydroxylation sites is 3. The summed E-state index contributed by atoms with van der Waals surface area (Å²) in [6, 6.07) is 50.1. The van der Waals surface area contributed by atoms with E-state index in [9.17, 15) is 40.9 Å². The summed E-state index contributed by atoms with van der Waals surface area (Å²) >= 11 is 0. The van der Waals surface area contributed by atoms with Gasteiger partial charge in [0.2, 0.25) is 11.5 Å². The minimum Gasteiger partial charge on any atom is -0.506 e. The molecule has 0 spiro atoms. The van der Waals surface area contributed by atoms with Crippen molar-refractivity contribution in [2.24, 2.45) is 0 Å². The van der Waals surface area contributed by atoms with Gasteiger partial charge in [-0.05, 0) is 83.9 Å². The third-order valence-corrected chi connectivity index (χ3v) is 11.2. The summed E-state index contributed by atoms with van der Waals surface area (Å²) in [4.78, 5) is 2.21. The molecule has 0 bridgehead atoms.